The van der Waals surface area contributed by atoms with E-state index in [4.69, 9.17) is 10.2 Å². The van der Waals surface area contributed by atoms with Crippen LogP contribution in [0.2, 0.25) is 0 Å². The monoisotopic (exact) mass is 295 g/mol. The molecule has 3 N–H and O–H groups in total. The van der Waals surface area contributed by atoms with Crippen LogP contribution in [0.3, 0.4) is 0 Å². The summed E-state index contributed by atoms with van der Waals surface area (Å²) in [6.45, 7) is -0.0152. The zero-order chi connectivity index (χ0) is 13.9. The summed E-state index contributed by atoms with van der Waals surface area (Å²) in [4.78, 5) is 1.58. The fourth-order valence-electron chi connectivity index (χ4n) is 1.56. The first-order chi connectivity index (χ1) is 9.00. The summed E-state index contributed by atoms with van der Waals surface area (Å²) in [6, 6.07) is 13.8. The average Bonchev–Trinajstić information content (AvgIpc) is 2.39. The van der Waals surface area contributed by atoms with Gasteiger partial charge in [0.05, 0.1) is 11.5 Å². The molecule has 0 bridgehead atoms. The van der Waals surface area contributed by atoms with Crippen LogP contribution in [-0.2, 0) is 16.6 Å². The first-order valence-corrected chi connectivity index (χ1v) is 7.86. The molecule has 0 amide bonds. The Morgan fingerprint density at radius 3 is 2.26 bits per heavy atom. The summed E-state index contributed by atoms with van der Waals surface area (Å²) in [5.41, 5.74) is 0.809. The topological polar surface area (TPSA) is 80.4 Å². The third-order valence-corrected chi connectivity index (χ3v) is 4.67. The largest absolute Gasteiger partial charge is 0.392 e. The second-order valence-electron chi connectivity index (χ2n) is 3.90. The van der Waals surface area contributed by atoms with Crippen molar-refractivity contribution in [2.24, 2.45) is 5.14 Å². The minimum atomic E-state index is -3.73. The second kappa shape index (κ2) is 5.75. The zero-order valence-electron chi connectivity index (χ0n) is 9.98. The average molecular weight is 295 g/mol. The van der Waals surface area contributed by atoms with E-state index in [9.17, 15) is 8.42 Å². The van der Waals surface area contributed by atoms with Crippen molar-refractivity contribution in [3.05, 3.63) is 54.1 Å². The molecule has 0 aliphatic carbocycles. The van der Waals surface area contributed by atoms with E-state index >= 15 is 0 Å². The third kappa shape index (κ3) is 3.57. The number of hydrogen-bond donors (Lipinski definition) is 2. The van der Waals surface area contributed by atoms with Gasteiger partial charge in [0.15, 0.2) is 0 Å². The van der Waals surface area contributed by atoms with Gasteiger partial charge < -0.3 is 5.11 Å². The molecule has 0 unspecified atom stereocenters. The van der Waals surface area contributed by atoms with E-state index in [0.29, 0.717) is 4.90 Å². The van der Waals surface area contributed by atoms with Gasteiger partial charge in [0.1, 0.15) is 0 Å². The minimum absolute atomic E-state index is 0.0152. The standard InChI is InChI=1S/C13H13NO3S2/c14-19(16,17)13-4-2-1-3-12(13)18-11-7-5-10(9-15)6-8-11/h1-8,15H,9H2,(H2,14,16,17). The molecule has 2 aromatic rings. The molecule has 0 saturated heterocycles. The Hall–Kier alpha value is -1.34. The van der Waals surface area contributed by atoms with Crippen LogP contribution >= 0.6 is 11.8 Å². The van der Waals surface area contributed by atoms with Crippen molar-refractivity contribution >= 4 is 21.8 Å². The van der Waals surface area contributed by atoms with E-state index in [1.807, 2.05) is 12.1 Å². The maximum atomic E-state index is 11.5. The van der Waals surface area contributed by atoms with Crippen molar-refractivity contribution in [1.82, 2.24) is 0 Å². The van der Waals surface area contributed by atoms with Gasteiger partial charge in [-0.15, -0.1) is 0 Å². The summed E-state index contributed by atoms with van der Waals surface area (Å²) in [5, 5.41) is 14.1. The molecular weight excluding hydrogens is 282 g/mol. The third-order valence-electron chi connectivity index (χ3n) is 2.49. The Morgan fingerprint density at radius 2 is 1.68 bits per heavy atom. The number of rotatable bonds is 4. The Labute approximate surface area is 116 Å². The molecule has 2 aromatic carbocycles. The van der Waals surface area contributed by atoms with E-state index < -0.39 is 10.0 Å². The maximum absolute atomic E-state index is 11.5. The van der Waals surface area contributed by atoms with Crippen molar-refractivity contribution in [1.29, 1.82) is 0 Å². The molecule has 100 valence electrons. The highest BCUT2D eigenvalue weighted by molar-refractivity contribution is 8.00. The van der Waals surface area contributed by atoms with Crippen molar-refractivity contribution in [2.45, 2.75) is 21.3 Å². The smallest absolute Gasteiger partial charge is 0.239 e. The maximum Gasteiger partial charge on any atom is 0.239 e. The van der Waals surface area contributed by atoms with Gasteiger partial charge in [-0.3, -0.25) is 0 Å². The molecule has 0 atom stereocenters. The number of primary sulfonamides is 1. The van der Waals surface area contributed by atoms with E-state index in [1.54, 1.807) is 30.3 Å². The Kier molecular flexibility index (Phi) is 4.26. The molecular formula is C13H13NO3S2. The molecule has 0 saturated carbocycles. The molecule has 4 nitrogen and oxygen atoms in total. The molecule has 0 aromatic heterocycles. The van der Waals surface area contributed by atoms with Crippen LogP contribution in [0, 0.1) is 0 Å². The van der Waals surface area contributed by atoms with Gasteiger partial charge in [-0.25, -0.2) is 13.6 Å². The number of benzene rings is 2. The molecule has 6 heteroatoms. The van der Waals surface area contributed by atoms with Crippen LogP contribution < -0.4 is 5.14 Å². The van der Waals surface area contributed by atoms with Gasteiger partial charge in [0.25, 0.3) is 0 Å². The van der Waals surface area contributed by atoms with Crippen molar-refractivity contribution in [3.63, 3.8) is 0 Å². The summed E-state index contributed by atoms with van der Waals surface area (Å²) in [7, 11) is -3.73. The van der Waals surface area contributed by atoms with E-state index in [-0.39, 0.29) is 11.5 Å². The molecule has 0 radical (unpaired) electrons. The summed E-state index contributed by atoms with van der Waals surface area (Å²) in [5.74, 6) is 0. The van der Waals surface area contributed by atoms with Gasteiger partial charge in [-0.1, -0.05) is 36.0 Å². The van der Waals surface area contributed by atoms with Crippen LogP contribution in [0.4, 0.5) is 0 Å². The van der Waals surface area contributed by atoms with Gasteiger partial charge in [-0.05, 0) is 29.8 Å². The second-order valence-corrected chi connectivity index (χ2v) is 6.54. The predicted molar refractivity (Wildman–Crippen MR) is 74.3 cm³/mol. The SMILES string of the molecule is NS(=O)(=O)c1ccccc1Sc1ccc(CO)cc1. The van der Waals surface area contributed by atoms with Crippen molar-refractivity contribution in [3.8, 4) is 0 Å². The number of aliphatic hydroxyl groups is 1. The molecule has 0 heterocycles. The molecule has 0 aliphatic heterocycles. The van der Waals surface area contributed by atoms with Crippen LogP contribution in [0.1, 0.15) is 5.56 Å². The number of aliphatic hydroxyl groups excluding tert-OH is 1. The highest BCUT2D eigenvalue weighted by Gasteiger charge is 2.13. The van der Waals surface area contributed by atoms with Crippen LogP contribution in [-0.4, -0.2) is 13.5 Å². The fourth-order valence-corrected chi connectivity index (χ4v) is 3.49. The fraction of sp³-hybridized carbons (Fsp3) is 0.0769. The van der Waals surface area contributed by atoms with Gasteiger partial charge in [-0.2, -0.15) is 0 Å². The quantitative estimate of drug-likeness (QED) is 0.903. The van der Waals surface area contributed by atoms with Crippen molar-refractivity contribution < 1.29 is 13.5 Å². The van der Waals surface area contributed by atoms with Gasteiger partial charge >= 0.3 is 0 Å². The lowest BCUT2D eigenvalue weighted by Gasteiger charge is -2.07. The molecule has 2 rings (SSSR count). The molecule has 0 fully saturated rings. The first-order valence-electron chi connectivity index (χ1n) is 5.50. The lowest BCUT2D eigenvalue weighted by atomic mass is 10.2. The molecule has 0 aliphatic rings. The van der Waals surface area contributed by atoms with Gasteiger partial charge in [0.2, 0.25) is 10.0 Å². The lowest BCUT2D eigenvalue weighted by Crippen LogP contribution is -2.13. The Balaban J connectivity index is 2.33. The number of sulfonamides is 1. The normalized spacial score (nSPS) is 11.5. The highest BCUT2D eigenvalue weighted by atomic mass is 32.2. The Bertz CT molecular complexity index is 667. The van der Waals surface area contributed by atoms with Gasteiger partial charge in [0, 0.05) is 9.79 Å². The Morgan fingerprint density at radius 1 is 1.05 bits per heavy atom. The van der Waals surface area contributed by atoms with Crippen LogP contribution in [0.5, 0.6) is 0 Å². The molecule has 19 heavy (non-hydrogen) atoms. The van der Waals surface area contributed by atoms with Crippen LogP contribution in [0.25, 0.3) is 0 Å². The number of hydrogen-bond acceptors (Lipinski definition) is 4. The highest BCUT2D eigenvalue weighted by Crippen LogP contribution is 2.32. The van der Waals surface area contributed by atoms with E-state index in [0.717, 1.165) is 10.5 Å². The summed E-state index contributed by atoms with van der Waals surface area (Å²) >= 11 is 1.32. The van der Waals surface area contributed by atoms with E-state index in [1.165, 1.54) is 17.8 Å². The van der Waals surface area contributed by atoms with E-state index in [2.05, 4.69) is 0 Å². The summed E-state index contributed by atoms with van der Waals surface area (Å²) < 4.78 is 23.0. The minimum Gasteiger partial charge on any atom is -0.392 e. The lowest BCUT2D eigenvalue weighted by molar-refractivity contribution is 0.282. The summed E-state index contributed by atoms with van der Waals surface area (Å²) in [6.07, 6.45) is 0. The predicted octanol–water partition coefficient (Wildman–Crippen LogP) is 1.98. The number of nitrogens with two attached hydrogens (primary N) is 1. The van der Waals surface area contributed by atoms with Crippen molar-refractivity contribution in [2.75, 3.05) is 0 Å². The molecule has 0 spiro atoms. The van der Waals surface area contributed by atoms with Crippen LogP contribution in [0.15, 0.2) is 63.2 Å². The zero-order valence-corrected chi connectivity index (χ0v) is 11.6. The first kappa shape index (κ1) is 14.1.